The van der Waals surface area contributed by atoms with Gasteiger partial charge in [-0.1, -0.05) is 0 Å². The van der Waals surface area contributed by atoms with E-state index in [4.69, 9.17) is 11.6 Å². The topological polar surface area (TPSA) is 9.23 Å². The van der Waals surface area contributed by atoms with Gasteiger partial charge in [-0.15, -0.1) is 11.6 Å². The van der Waals surface area contributed by atoms with Gasteiger partial charge in [0.15, 0.2) is 17.4 Å². The zero-order valence-electron chi connectivity index (χ0n) is 6.40. The van der Waals surface area contributed by atoms with Crippen molar-refractivity contribution in [3.05, 3.63) is 29.3 Å². The molecular weight excluding hydrogens is 186 g/mol. The van der Waals surface area contributed by atoms with Crippen molar-refractivity contribution in [3.8, 4) is 5.75 Å². The Kier molecular flexibility index (Phi) is 2.87. The van der Waals surface area contributed by atoms with E-state index in [2.05, 4.69) is 4.74 Å². The van der Waals surface area contributed by atoms with Crippen molar-refractivity contribution >= 4 is 11.6 Å². The van der Waals surface area contributed by atoms with E-state index in [0.717, 1.165) is 12.1 Å². The number of alkyl halides is 1. The van der Waals surface area contributed by atoms with Crippen LogP contribution in [0.15, 0.2) is 12.1 Å². The van der Waals surface area contributed by atoms with Crippen LogP contribution < -0.4 is 4.74 Å². The van der Waals surface area contributed by atoms with E-state index in [1.54, 1.807) is 0 Å². The molecule has 4 heteroatoms. The molecule has 0 unspecified atom stereocenters. The summed E-state index contributed by atoms with van der Waals surface area (Å²) in [5, 5.41) is 0. The van der Waals surface area contributed by atoms with Gasteiger partial charge in [0, 0.05) is 5.88 Å². The van der Waals surface area contributed by atoms with Crippen LogP contribution in [0.2, 0.25) is 0 Å². The molecule has 0 atom stereocenters. The van der Waals surface area contributed by atoms with Crippen LogP contribution >= 0.6 is 11.6 Å². The minimum Gasteiger partial charge on any atom is -0.491 e. The molecule has 0 aliphatic rings. The molecule has 0 heterocycles. The van der Waals surface area contributed by atoms with E-state index < -0.39 is 11.6 Å². The van der Waals surface area contributed by atoms with Gasteiger partial charge in [0.25, 0.3) is 0 Å². The van der Waals surface area contributed by atoms with Gasteiger partial charge in [-0.3, -0.25) is 0 Å². The maximum atomic E-state index is 12.9. The number of methoxy groups -OCH3 is 1. The molecule has 12 heavy (non-hydrogen) atoms. The number of hydrogen-bond acceptors (Lipinski definition) is 1. The molecule has 0 amide bonds. The van der Waals surface area contributed by atoms with Gasteiger partial charge in [0.05, 0.1) is 7.11 Å². The Morgan fingerprint density at radius 2 is 1.83 bits per heavy atom. The summed E-state index contributed by atoms with van der Waals surface area (Å²) in [6.45, 7) is 0. The van der Waals surface area contributed by atoms with Crippen molar-refractivity contribution in [2.75, 3.05) is 7.11 Å². The molecule has 1 nitrogen and oxygen atoms in total. The number of halogens is 3. The highest BCUT2D eigenvalue weighted by Crippen LogP contribution is 2.23. The second kappa shape index (κ2) is 3.72. The van der Waals surface area contributed by atoms with Crippen molar-refractivity contribution in [2.24, 2.45) is 0 Å². The van der Waals surface area contributed by atoms with Gasteiger partial charge in [0.2, 0.25) is 0 Å². The van der Waals surface area contributed by atoms with Crippen LogP contribution in [0.1, 0.15) is 5.56 Å². The fraction of sp³-hybridized carbons (Fsp3) is 0.250. The maximum absolute atomic E-state index is 12.9. The van der Waals surface area contributed by atoms with Gasteiger partial charge < -0.3 is 4.74 Å². The van der Waals surface area contributed by atoms with Crippen molar-refractivity contribution in [1.29, 1.82) is 0 Å². The number of rotatable bonds is 2. The lowest BCUT2D eigenvalue weighted by molar-refractivity contribution is 0.359. The van der Waals surface area contributed by atoms with Crippen molar-refractivity contribution in [2.45, 2.75) is 5.88 Å². The highest BCUT2D eigenvalue weighted by Gasteiger charge is 2.10. The monoisotopic (exact) mass is 192 g/mol. The standard InChI is InChI=1S/C8H7ClF2O/c1-12-8-6(10)2-5(4-9)3-7(8)11/h2-3H,4H2,1H3. The molecule has 0 radical (unpaired) electrons. The Morgan fingerprint density at radius 3 is 2.17 bits per heavy atom. The van der Waals surface area contributed by atoms with E-state index >= 15 is 0 Å². The summed E-state index contributed by atoms with van der Waals surface area (Å²) in [6, 6.07) is 2.30. The fourth-order valence-electron chi connectivity index (χ4n) is 0.885. The summed E-state index contributed by atoms with van der Waals surface area (Å²) in [4.78, 5) is 0. The summed E-state index contributed by atoms with van der Waals surface area (Å²) in [6.07, 6.45) is 0. The highest BCUT2D eigenvalue weighted by molar-refractivity contribution is 6.17. The van der Waals surface area contributed by atoms with E-state index in [1.807, 2.05) is 0 Å². The zero-order chi connectivity index (χ0) is 9.14. The first-order valence-electron chi connectivity index (χ1n) is 3.27. The third-order valence-corrected chi connectivity index (χ3v) is 1.73. The predicted octanol–water partition coefficient (Wildman–Crippen LogP) is 2.71. The van der Waals surface area contributed by atoms with Gasteiger partial charge in [-0.25, -0.2) is 8.78 Å². The third kappa shape index (κ3) is 1.67. The van der Waals surface area contributed by atoms with Crippen molar-refractivity contribution < 1.29 is 13.5 Å². The molecule has 0 aliphatic carbocycles. The van der Waals surface area contributed by atoms with Crippen LogP contribution in [-0.4, -0.2) is 7.11 Å². The van der Waals surface area contributed by atoms with Crippen LogP contribution in [0.3, 0.4) is 0 Å². The van der Waals surface area contributed by atoms with Gasteiger partial charge >= 0.3 is 0 Å². The van der Waals surface area contributed by atoms with Crippen LogP contribution in [-0.2, 0) is 5.88 Å². The quantitative estimate of drug-likeness (QED) is 0.655. The number of benzene rings is 1. The first kappa shape index (κ1) is 9.26. The van der Waals surface area contributed by atoms with Crippen LogP contribution in [0.4, 0.5) is 8.78 Å². The molecule has 0 aliphatic heterocycles. The molecule has 0 N–H and O–H groups in total. The first-order chi connectivity index (χ1) is 5.69. The molecule has 0 saturated heterocycles. The second-order valence-corrected chi connectivity index (χ2v) is 2.49. The van der Waals surface area contributed by atoms with Crippen molar-refractivity contribution in [3.63, 3.8) is 0 Å². The third-order valence-electron chi connectivity index (χ3n) is 1.42. The first-order valence-corrected chi connectivity index (χ1v) is 3.80. The molecular formula is C8H7ClF2O. The average molecular weight is 193 g/mol. The molecule has 1 rings (SSSR count). The molecule has 0 bridgehead atoms. The Hall–Kier alpha value is -0.830. The Morgan fingerprint density at radius 1 is 1.33 bits per heavy atom. The van der Waals surface area contributed by atoms with Crippen LogP contribution in [0, 0.1) is 11.6 Å². The minimum absolute atomic E-state index is 0.0812. The summed E-state index contributed by atoms with van der Waals surface area (Å²) in [5.74, 6) is -1.75. The molecule has 66 valence electrons. The van der Waals surface area contributed by atoms with Crippen LogP contribution in [0.25, 0.3) is 0 Å². The van der Waals surface area contributed by atoms with Gasteiger partial charge in [-0.05, 0) is 17.7 Å². The summed E-state index contributed by atoms with van der Waals surface area (Å²) in [5.41, 5.74) is 0.396. The molecule has 0 spiro atoms. The average Bonchev–Trinajstić information content (AvgIpc) is 2.03. The predicted molar refractivity (Wildman–Crippen MR) is 42.5 cm³/mol. The fourth-order valence-corrected chi connectivity index (χ4v) is 1.04. The molecule has 1 aromatic carbocycles. The van der Waals surface area contributed by atoms with E-state index in [0.29, 0.717) is 5.56 Å². The Balaban J connectivity index is 3.18. The smallest absolute Gasteiger partial charge is 0.190 e. The second-order valence-electron chi connectivity index (χ2n) is 2.23. The normalized spacial score (nSPS) is 10.0. The lowest BCUT2D eigenvalue weighted by Crippen LogP contribution is -1.94. The lowest BCUT2D eigenvalue weighted by atomic mass is 10.2. The molecule has 0 fully saturated rings. The minimum atomic E-state index is -0.729. The van der Waals surface area contributed by atoms with E-state index in [9.17, 15) is 8.78 Å². The SMILES string of the molecule is COc1c(F)cc(CCl)cc1F. The van der Waals surface area contributed by atoms with Gasteiger partial charge in [0.1, 0.15) is 0 Å². The number of hydrogen-bond donors (Lipinski definition) is 0. The van der Waals surface area contributed by atoms with E-state index in [-0.39, 0.29) is 11.6 Å². The maximum Gasteiger partial charge on any atom is 0.190 e. The van der Waals surface area contributed by atoms with E-state index in [1.165, 1.54) is 7.11 Å². The summed E-state index contributed by atoms with van der Waals surface area (Å²) < 4.78 is 30.2. The molecule has 0 saturated carbocycles. The van der Waals surface area contributed by atoms with Crippen molar-refractivity contribution in [1.82, 2.24) is 0 Å². The number of ether oxygens (including phenoxy) is 1. The van der Waals surface area contributed by atoms with Crippen LogP contribution in [0.5, 0.6) is 5.75 Å². The largest absolute Gasteiger partial charge is 0.491 e. The Bertz CT molecular complexity index is 265. The highest BCUT2D eigenvalue weighted by atomic mass is 35.5. The lowest BCUT2D eigenvalue weighted by Gasteiger charge is -2.04. The zero-order valence-corrected chi connectivity index (χ0v) is 7.16. The molecule has 1 aromatic rings. The Labute approximate surface area is 73.9 Å². The summed E-state index contributed by atoms with van der Waals surface area (Å²) >= 11 is 5.39. The van der Waals surface area contributed by atoms with Gasteiger partial charge in [-0.2, -0.15) is 0 Å². The summed E-state index contributed by atoms with van der Waals surface area (Å²) in [7, 11) is 1.21. The molecule has 0 aromatic heterocycles.